The van der Waals surface area contributed by atoms with Crippen LogP contribution in [0.2, 0.25) is 0 Å². The van der Waals surface area contributed by atoms with Crippen molar-refractivity contribution in [2.24, 2.45) is 5.92 Å². The number of carboxylic acid groups (broad SMARTS) is 1. The van der Waals surface area contributed by atoms with E-state index < -0.39 is 12.0 Å². The van der Waals surface area contributed by atoms with Gasteiger partial charge in [-0.1, -0.05) is 50.0 Å². The molecule has 1 unspecified atom stereocenters. The van der Waals surface area contributed by atoms with Crippen molar-refractivity contribution in [2.75, 3.05) is 0 Å². The molecule has 23 heavy (non-hydrogen) atoms. The van der Waals surface area contributed by atoms with Gasteiger partial charge in [-0.2, -0.15) is 0 Å². The largest absolute Gasteiger partial charge is 0.508 e. The van der Waals surface area contributed by atoms with Crippen molar-refractivity contribution >= 4 is 46.3 Å². The molecular weight excluding hydrogens is 334 g/mol. The molecule has 1 aliphatic rings. The highest BCUT2D eigenvalue weighted by atomic mass is 32.2. The number of thiocarbonyl (C=S) groups is 1. The number of rotatable bonds is 5. The standard InChI is InChI=1S/C16H17NO4S2/c1-9(2)7-12(15(20)21)17-14(19)13(23-16(17)22)8-10-3-5-11(18)6-4-10/h3-6,8-9,12,18H,7H2,1-2H3,(H,20,21)/b13-8-. The van der Waals surface area contributed by atoms with E-state index in [1.807, 2.05) is 13.8 Å². The fraction of sp³-hybridized carbons (Fsp3) is 0.312. The smallest absolute Gasteiger partial charge is 0.326 e. The maximum atomic E-state index is 12.6. The highest BCUT2D eigenvalue weighted by Gasteiger charge is 2.40. The van der Waals surface area contributed by atoms with Crippen LogP contribution in [-0.4, -0.2) is 37.4 Å². The SMILES string of the molecule is CC(C)CC(C(=O)O)N1C(=O)/C(=C/c2ccc(O)cc2)SC1=S. The molecular formula is C16H17NO4S2. The van der Waals surface area contributed by atoms with Gasteiger partial charge in [0.05, 0.1) is 4.91 Å². The number of benzene rings is 1. The second-order valence-corrected chi connectivity index (χ2v) is 7.30. The topological polar surface area (TPSA) is 77.8 Å². The third-order valence-electron chi connectivity index (χ3n) is 3.31. The molecule has 7 heteroatoms. The van der Waals surface area contributed by atoms with Crippen molar-refractivity contribution in [3.8, 4) is 5.75 Å². The Labute approximate surface area is 144 Å². The minimum Gasteiger partial charge on any atom is -0.508 e. The summed E-state index contributed by atoms with van der Waals surface area (Å²) >= 11 is 6.30. The minimum absolute atomic E-state index is 0.127. The van der Waals surface area contributed by atoms with E-state index in [1.54, 1.807) is 18.2 Å². The number of carbonyl (C=O) groups excluding carboxylic acids is 1. The summed E-state index contributed by atoms with van der Waals surface area (Å²) in [6, 6.07) is 5.43. The van der Waals surface area contributed by atoms with E-state index in [1.165, 1.54) is 17.0 Å². The molecule has 0 spiro atoms. The number of phenols is 1. The Kier molecular flexibility index (Phi) is 5.43. The van der Waals surface area contributed by atoms with Crippen LogP contribution < -0.4 is 0 Å². The Bertz CT molecular complexity index is 667. The average molecular weight is 351 g/mol. The molecule has 1 saturated heterocycles. The molecule has 1 atom stereocenters. The van der Waals surface area contributed by atoms with Crippen LogP contribution in [0.1, 0.15) is 25.8 Å². The molecule has 1 aliphatic heterocycles. The van der Waals surface area contributed by atoms with Crippen LogP contribution in [0.3, 0.4) is 0 Å². The maximum Gasteiger partial charge on any atom is 0.326 e. The summed E-state index contributed by atoms with van der Waals surface area (Å²) in [7, 11) is 0. The van der Waals surface area contributed by atoms with Crippen molar-refractivity contribution in [1.82, 2.24) is 4.90 Å². The zero-order valence-electron chi connectivity index (χ0n) is 12.7. The lowest BCUT2D eigenvalue weighted by atomic mass is 10.0. The fourth-order valence-electron chi connectivity index (χ4n) is 2.23. The first-order valence-corrected chi connectivity index (χ1v) is 8.31. The number of phenolic OH excluding ortho intramolecular Hbond substituents is 1. The zero-order chi connectivity index (χ0) is 17.1. The van der Waals surface area contributed by atoms with E-state index >= 15 is 0 Å². The lowest BCUT2D eigenvalue weighted by Gasteiger charge is -2.24. The normalized spacial score (nSPS) is 18.0. The maximum absolute atomic E-state index is 12.6. The molecule has 0 bridgehead atoms. The van der Waals surface area contributed by atoms with Gasteiger partial charge in [0.2, 0.25) is 0 Å². The molecule has 0 aromatic heterocycles. The monoisotopic (exact) mass is 351 g/mol. The first-order chi connectivity index (χ1) is 10.8. The first-order valence-electron chi connectivity index (χ1n) is 7.08. The van der Waals surface area contributed by atoms with Crippen LogP contribution >= 0.6 is 24.0 Å². The number of carboxylic acids is 1. The highest BCUT2D eigenvalue weighted by molar-refractivity contribution is 8.26. The van der Waals surface area contributed by atoms with Crippen molar-refractivity contribution < 1.29 is 19.8 Å². The van der Waals surface area contributed by atoms with Crippen molar-refractivity contribution in [2.45, 2.75) is 26.3 Å². The van der Waals surface area contributed by atoms with E-state index in [-0.39, 0.29) is 21.9 Å². The van der Waals surface area contributed by atoms with E-state index in [4.69, 9.17) is 12.2 Å². The number of nitrogens with zero attached hydrogens (tertiary/aromatic N) is 1. The molecule has 1 amide bonds. The molecule has 0 saturated carbocycles. The van der Waals surface area contributed by atoms with Gasteiger partial charge in [-0.15, -0.1) is 0 Å². The van der Waals surface area contributed by atoms with Gasteiger partial charge in [-0.05, 0) is 36.1 Å². The van der Waals surface area contributed by atoms with Gasteiger partial charge in [0.25, 0.3) is 5.91 Å². The molecule has 0 aliphatic carbocycles. The lowest BCUT2D eigenvalue weighted by molar-refractivity contribution is -0.145. The van der Waals surface area contributed by atoms with Crippen LogP contribution in [0.15, 0.2) is 29.2 Å². The number of thioether (sulfide) groups is 1. The van der Waals surface area contributed by atoms with Gasteiger partial charge in [0.1, 0.15) is 16.1 Å². The predicted molar refractivity (Wildman–Crippen MR) is 94.0 cm³/mol. The Morgan fingerprint density at radius 1 is 1.35 bits per heavy atom. The van der Waals surface area contributed by atoms with Gasteiger partial charge in [0.15, 0.2) is 0 Å². The zero-order valence-corrected chi connectivity index (χ0v) is 14.4. The highest BCUT2D eigenvalue weighted by Crippen LogP contribution is 2.35. The summed E-state index contributed by atoms with van der Waals surface area (Å²) in [5.41, 5.74) is 0.735. The summed E-state index contributed by atoms with van der Waals surface area (Å²) in [4.78, 5) is 25.6. The second kappa shape index (κ2) is 7.14. The molecule has 1 aromatic rings. The minimum atomic E-state index is -1.05. The lowest BCUT2D eigenvalue weighted by Crippen LogP contribution is -2.44. The van der Waals surface area contributed by atoms with Crippen molar-refractivity contribution in [3.05, 3.63) is 34.7 Å². The molecule has 0 radical (unpaired) electrons. The third kappa shape index (κ3) is 4.11. The predicted octanol–water partition coefficient (Wildman–Crippen LogP) is 3.09. The van der Waals surface area contributed by atoms with E-state index in [9.17, 15) is 19.8 Å². The van der Waals surface area contributed by atoms with E-state index in [0.717, 1.165) is 17.3 Å². The number of carbonyl (C=O) groups is 2. The average Bonchev–Trinajstić information content (AvgIpc) is 2.73. The quantitative estimate of drug-likeness (QED) is 0.627. The van der Waals surface area contributed by atoms with Crippen molar-refractivity contribution in [3.63, 3.8) is 0 Å². The number of hydrogen-bond acceptors (Lipinski definition) is 5. The number of hydrogen-bond donors (Lipinski definition) is 2. The summed E-state index contributed by atoms with van der Waals surface area (Å²) in [6.45, 7) is 3.81. The third-order valence-corrected chi connectivity index (χ3v) is 4.64. The van der Waals surface area contributed by atoms with Gasteiger partial charge < -0.3 is 10.2 Å². The Hall–Kier alpha value is -1.86. The second-order valence-electron chi connectivity index (χ2n) is 5.63. The van der Waals surface area contributed by atoms with Gasteiger partial charge in [-0.3, -0.25) is 9.69 Å². The molecule has 2 rings (SSSR count). The number of amides is 1. The van der Waals surface area contributed by atoms with Crippen LogP contribution in [0, 0.1) is 5.92 Å². The Morgan fingerprint density at radius 2 is 1.96 bits per heavy atom. The molecule has 1 fully saturated rings. The molecule has 122 valence electrons. The number of aromatic hydroxyl groups is 1. The van der Waals surface area contributed by atoms with Gasteiger partial charge in [0, 0.05) is 0 Å². The van der Waals surface area contributed by atoms with Crippen LogP contribution in [0.5, 0.6) is 5.75 Å². The molecule has 1 aromatic carbocycles. The number of aliphatic carboxylic acids is 1. The van der Waals surface area contributed by atoms with Crippen molar-refractivity contribution in [1.29, 1.82) is 0 Å². The molecule has 2 N–H and O–H groups in total. The van der Waals surface area contributed by atoms with Gasteiger partial charge in [-0.25, -0.2) is 4.79 Å². The summed E-state index contributed by atoms with van der Waals surface area (Å²) in [6.07, 6.45) is 1.99. The first kappa shape index (κ1) is 17.5. The summed E-state index contributed by atoms with van der Waals surface area (Å²) in [5.74, 6) is -1.18. The van der Waals surface area contributed by atoms with Crippen LogP contribution in [0.25, 0.3) is 6.08 Å². The molecule has 5 nitrogen and oxygen atoms in total. The Balaban J connectivity index is 2.28. The Morgan fingerprint density at radius 3 is 2.48 bits per heavy atom. The van der Waals surface area contributed by atoms with E-state index in [2.05, 4.69) is 0 Å². The summed E-state index contributed by atoms with van der Waals surface area (Å²) in [5, 5.41) is 18.7. The van der Waals surface area contributed by atoms with Crippen LogP contribution in [0.4, 0.5) is 0 Å². The molecule has 1 heterocycles. The summed E-state index contributed by atoms with van der Waals surface area (Å²) < 4.78 is 0.257. The van der Waals surface area contributed by atoms with Crippen LogP contribution in [-0.2, 0) is 9.59 Å². The van der Waals surface area contributed by atoms with E-state index in [0.29, 0.717) is 11.3 Å². The fourth-order valence-corrected chi connectivity index (χ4v) is 3.59. The van der Waals surface area contributed by atoms with Gasteiger partial charge >= 0.3 is 5.97 Å².